The highest BCUT2D eigenvalue weighted by atomic mass is 32.2. The lowest BCUT2D eigenvalue weighted by atomic mass is 9.45. The molecule has 0 aromatic heterocycles. The van der Waals surface area contributed by atoms with Crippen LogP contribution in [0.25, 0.3) is 0 Å². The van der Waals surface area contributed by atoms with Crippen LogP contribution in [0.4, 0.5) is 0 Å². The zero-order valence-electron chi connectivity index (χ0n) is 26.1. The number of allylic oxidation sites excluding steroid dienone is 15. The van der Waals surface area contributed by atoms with Crippen molar-refractivity contribution in [2.24, 2.45) is 71.0 Å². The molecule has 8 aliphatic carbocycles. The molecule has 0 radical (unpaired) electrons. The van der Waals surface area contributed by atoms with Crippen LogP contribution in [0.15, 0.2) is 96.2 Å². The topological polar surface area (TPSA) is 0 Å². The third-order valence-electron chi connectivity index (χ3n) is 14.1. The van der Waals surface area contributed by atoms with Crippen LogP contribution >= 0.6 is 11.8 Å². The fourth-order valence-corrected chi connectivity index (χ4v) is 14.4. The van der Waals surface area contributed by atoms with Crippen LogP contribution in [-0.4, -0.2) is 10.5 Å². The summed E-state index contributed by atoms with van der Waals surface area (Å²) in [6.07, 6.45) is 52.3. The Balaban J connectivity index is 1.02. The lowest BCUT2D eigenvalue weighted by Gasteiger charge is -2.59. The second-order valence-corrected chi connectivity index (χ2v) is 17.2. The van der Waals surface area contributed by atoms with Gasteiger partial charge in [-0.15, -0.1) is 0 Å². The third-order valence-corrected chi connectivity index (χ3v) is 15.8. The SMILES string of the molecule is C1=CC2CCC=CC2C(C2=CCC(C3C4C=CCCC4C(C4CC=CC5SC6CCC=CC6C54)C4CC=CCC43)CC2)=C1. The molecule has 0 aromatic rings. The molecule has 43 heavy (non-hydrogen) atoms. The van der Waals surface area contributed by atoms with Crippen LogP contribution in [0, 0.1) is 71.0 Å². The smallest absolute Gasteiger partial charge is 0.0267 e. The minimum absolute atomic E-state index is 0.635. The van der Waals surface area contributed by atoms with E-state index >= 15 is 0 Å². The molecule has 226 valence electrons. The van der Waals surface area contributed by atoms with E-state index in [1.165, 1.54) is 77.0 Å². The van der Waals surface area contributed by atoms with Gasteiger partial charge in [-0.25, -0.2) is 0 Å². The molecular weight excluding hydrogens is 537 g/mol. The van der Waals surface area contributed by atoms with Gasteiger partial charge in [-0.05, 0) is 153 Å². The number of rotatable bonds is 3. The minimum Gasteiger partial charge on any atom is -0.150 e. The Bertz CT molecular complexity index is 1310. The van der Waals surface area contributed by atoms with Crippen molar-refractivity contribution in [3.05, 3.63) is 96.2 Å². The van der Waals surface area contributed by atoms with Gasteiger partial charge in [0.25, 0.3) is 0 Å². The maximum atomic E-state index is 2.79. The van der Waals surface area contributed by atoms with E-state index < -0.39 is 0 Å². The highest BCUT2D eigenvalue weighted by molar-refractivity contribution is 8.01. The quantitative estimate of drug-likeness (QED) is 0.296. The first kappa shape index (κ1) is 27.6. The molecule has 14 unspecified atom stereocenters. The average molecular weight is 589 g/mol. The molecule has 0 spiro atoms. The average Bonchev–Trinajstić information content (AvgIpc) is 3.46. The van der Waals surface area contributed by atoms with Gasteiger partial charge in [-0.1, -0.05) is 85.1 Å². The van der Waals surface area contributed by atoms with Crippen LogP contribution < -0.4 is 0 Å². The van der Waals surface area contributed by atoms with E-state index in [0.29, 0.717) is 5.92 Å². The summed E-state index contributed by atoms with van der Waals surface area (Å²) < 4.78 is 0. The molecule has 1 saturated heterocycles. The Hall–Kier alpha value is -1.73. The van der Waals surface area contributed by atoms with E-state index in [1.54, 1.807) is 11.1 Å². The van der Waals surface area contributed by atoms with Gasteiger partial charge in [0.15, 0.2) is 0 Å². The summed E-state index contributed by atoms with van der Waals surface area (Å²) >= 11 is 2.36. The highest BCUT2D eigenvalue weighted by Gasteiger charge is 2.57. The zero-order chi connectivity index (χ0) is 28.3. The van der Waals surface area contributed by atoms with Crippen molar-refractivity contribution in [1.82, 2.24) is 0 Å². The molecule has 0 bridgehead atoms. The van der Waals surface area contributed by atoms with Crippen LogP contribution in [0.1, 0.15) is 77.0 Å². The molecule has 0 aromatic carbocycles. The first-order valence-electron chi connectivity index (χ1n) is 18.4. The molecule has 1 saturated carbocycles. The maximum absolute atomic E-state index is 2.79. The largest absolute Gasteiger partial charge is 0.150 e. The van der Waals surface area contributed by atoms with Crippen LogP contribution in [0.3, 0.4) is 0 Å². The van der Waals surface area contributed by atoms with Crippen molar-refractivity contribution in [1.29, 1.82) is 0 Å². The van der Waals surface area contributed by atoms with Crippen LogP contribution in [0.5, 0.6) is 0 Å². The Morgan fingerprint density at radius 1 is 0.581 bits per heavy atom. The lowest BCUT2D eigenvalue weighted by Crippen LogP contribution is -2.53. The summed E-state index contributed by atoms with van der Waals surface area (Å²) in [4.78, 5) is 0. The minimum atomic E-state index is 0.635. The van der Waals surface area contributed by atoms with E-state index in [-0.39, 0.29) is 0 Å². The predicted molar refractivity (Wildman–Crippen MR) is 183 cm³/mol. The Morgan fingerprint density at radius 2 is 1.37 bits per heavy atom. The van der Waals surface area contributed by atoms with Crippen molar-refractivity contribution in [2.45, 2.75) is 87.5 Å². The number of fused-ring (bicyclic) bond motifs is 6. The Kier molecular flexibility index (Phi) is 7.42. The summed E-state index contributed by atoms with van der Waals surface area (Å²) in [6.45, 7) is 0. The Morgan fingerprint density at radius 3 is 2.26 bits per heavy atom. The molecule has 14 atom stereocenters. The van der Waals surface area contributed by atoms with Crippen molar-refractivity contribution >= 4 is 11.8 Å². The summed E-state index contributed by atoms with van der Waals surface area (Å²) in [5.74, 6) is 10.1. The molecule has 1 aliphatic heterocycles. The molecule has 9 aliphatic rings. The number of hydrogen-bond donors (Lipinski definition) is 0. The van der Waals surface area contributed by atoms with Gasteiger partial charge in [0.2, 0.25) is 0 Å². The van der Waals surface area contributed by atoms with Gasteiger partial charge in [0.1, 0.15) is 0 Å². The second kappa shape index (κ2) is 11.6. The van der Waals surface area contributed by atoms with Crippen LogP contribution in [-0.2, 0) is 0 Å². The molecule has 9 rings (SSSR count). The van der Waals surface area contributed by atoms with E-state index in [1.807, 2.05) is 0 Å². The van der Waals surface area contributed by atoms with Crippen molar-refractivity contribution < 1.29 is 0 Å². The normalized spacial score (nSPS) is 49.3. The van der Waals surface area contributed by atoms with Crippen LogP contribution in [0.2, 0.25) is 0 Å². The highest BCUT2D eigenvalue weighted by Crippen LogP contribution is 2.64. The molecule has 0 N–H and O–H groups in total. The standard InChI is InChI=1S/C42H52S/c1-2-13-30-27(11-1)12-9-19-31(30)28-23-25-29(26-24-28)40-32-14-3-5-16-34(32)41(35-17-6-4-15-33(35)40)37-20-10-22-39-42(37)36-18-7-8-21-38(36)43-39/h2-5,7,9-10,12-13,15,18-19,22-23,27,29-30,32-42H,1,6,8,11,14,16-17,20-21,24-26H2. The van der Waals surface area contributed by atoms with Crippen molar-refractivity contribution in [3.8, 4) is 0 Å². The molecule has 1 heterocycles. The lowest BCUT2D eigenvalue weighted by molar-refractivity contribution is -0.0749. The number of thioether (sulfide) groups is 1. The number of hydrogen-bond acceptors (Lipinski definition) is 1. The molecular formula is C42H52S. The van der Waals surface area contributed by atoms with Gasteiger partial charge in [-0.2, -0.15) is 11.8 Å². The van der Waals surface area contributed by atoms with Crippen molar-refractivity contribution in [2.75, 3.05) is 0 Å². The molecule has 0 amide bonds. The first-order chi connectivity index (χ1) is 21.3. The molecule has 2 fully saturated rings. The van der Waals surface area contributed by atoms with Crippen molar-refractivity contribution in [3.63, 3.8) is 0 Å². The van der Waals surface area contributed by atoms with Gasteiger partial charge in [0.05, 0.1) is 0 Å². The third kappa shape index (κ3) is 4.68. The maximum Gasteiger partial charge on any atom is 0.0267 e. The van der Waals surface area contributed by atoms with E-state index in [9.17, 15) is 0 Å². The fraction of sp³-hybridized carbons (Fsp3) is 0.619. The van der Waals surface area contributed by atoms with E-state index in [2.05, 4.69) is 96.8 Å². The first-order valence-corrected chi connectivity index (χ1v) is 19.3. The summed E-state index contributed by atoms with van der Waals surface area (Å²) in [5.41, 5.74) is 3.35. The van der Waals surface area contributed by atoms with E-state index in [4.69, 9.17) is 0 Å². The summed E-state index contributed by atoms with van der Waals surface area (Å²) in [7, 11) is 0. The second-order valence-electron chi connectivity index (χ2n) is 15.8. The molecule has 1 heteroatoms. The van der Waals surface area contributed by atoms with Gasteiger partial charge < -0.3 is 0 Å². The monoisotopic (exact) mass is 588 g/mol. The Labute approximate surface area is 265 Å². The summed E-state index contributed by atoms with van der Waals surface area (Å²) in [5, 5.41) is 1.65. The van der Waals surface area contributed by atoms with E-state index in [0.717, 1.165) is 75.6 Å². The van der Waals surface area contributed by atoms with Gasteiger partial charge in [0, 0.05) is 16.4 Å². The zero-order valence-corrected chi connectivity index (χ0v) is 26.9. The van der Waals surface area contributed by atoms with Gasteiger partial charge in [-0.3, -0.25) is 0 Å². The molecule has 0 nitrogen and oxygen atoms in total. The summed E-state index contributed by atoms with van der Waals surface area (Å²) in [6, 6.07) is 0. The fourth-order valence-electron chi connectivity index (χ4n) is 12.5. The van der Waals surface area contributed by atoms with Gasteiger partial charge >= 0.3 is 0 Å². The predicted octanol–water partition coefficient (Wildman–Crippen LogP) is 10.8.